The third kappa shape index (κ3) is 4.65. The van der Waals surface area contributed by atoms with E-state index in [2.05, 4.69) is 10.0 Å². The van der Waals surface area contributed by atoms with Gasteiger partial charge in [0.2, 0.25) is 0 Å². The Labute approximate surface area is 165 Å². The van der Waals surface area contributed by atoms with E-state index in [-0.39, 0.29) is 21.2 Å². The van der Waals surface area contributed by atoms with Gasteiger partial charge in [0.25, 0.3) is 15.9 Å². The Morgan fingerprint density at radius 3 is 2.04 bits per heavy atom. The molecule has 0 radical (unpaired) electrons. The van der Waals surface area contributed by atoms with E-state index in [4.69, 9.17) is 11.6 Å². The second-order valence-corrected chi connectivity index (χ2v) is 7.80. The second kappa shape index (κ2) is 7.95. The Morgan fingerprint density at radius 1 is 0.857 bits per heavy atom. The number of halogens is 3. The maximum atomic E-state index is 13.0. The highest BCUT2D eigenvalue weighted by atomic mass is 35.5. The van der Waals surface area contributed by atoms with Gasteiger partial charge in [-0.1, -0.05) is 11.6 Å². The summed E-state index contributed by atoms with van der Waals surface area (Å²) in [4.78, 5) is 12.2. The molecule has 9 heteroatoms. The Balaban J connectivity index is 1.83. The van der Waals surface area contributed by atoms with Crippen molar-refractivity contribution in [1.29, 1.82) is 0 Å². The summed E-state index contributed by atoms with van der Waals surface area (Å²) in [6.45, 7) is 0. The fourth-order valence-electron chi connectivity index (χ4n) is 2.30. The van der Waals surface area contributed by atoms with E-state index < -0.39 is 27.6 Å². The van der Waals surface area contributed by atoms with Crippen molar-refractivity contribution in [3.63, 3.8) is 0 Å². The summed E-state index contributed by atoms with van der Waals surface area (Å²) < 4.78 is 53.1. The normalized spacial score (nSPS) is 11.1. The van der Waals surface area contributed by atoms with Crippen LogP contribution in [0.3, 0.4) is 0 Å². The number of amides is 1. The monoisotopic (exact) mass is 422 g/mol. The molecule has 2 N–H and O–H groups in total. The highest BCUT2D eigenvalue weighted by molar-refractivity contribution is 7.92. The minimum Gasteiger partial charge on any atom is -0.322 e. The maximum absolute atomic E-state index is 13.0. The number of carbonyl (C=O) groups excluding carboxylic acids is 1. The Bertz CT molecular complexity index is 1120. The van der Waals surface area contributed by atoms with E-state index in [1.807, 2.05) is 0 Å². The van der Waals surface area contributed by atoms with Gasteiger partial charge in [0.1, 0.15) is 11.6 Å². The molecule has 5 nitrogen and oxygen atoms in total. The zero-order valence-corrected chi connectivity index (χ0v) is 15.7. The highest BCUT2D eigenvalue weighted by Crippen LogP contribution is 2.26. The lowest BCUT2D eigenvalue weighted by atomic mass is 10.2. The molecule has 3 aromatic rings. The van der Waals surface area contributed by atoms with Crippen LogP contribution in [0.4, 0.5) is 20.2 Å². The molecule has 0 aliphatic heterocycles. The van der Waals surface area contributed by atoms with Crippen LogP contribution in [0.1, 0.15) is 10.4 Å². The Hall–Kier alpha value is -2.97. The van der Waals surface area contributed by atoms with Crippen molar-refractivity contribution in [1.82, 2.24) is 0 Å². The van der Waals surface area contributed by atoms with Crippen LogP contribution >= 0.6 is 11.6 Å². The van der Waals surface area contributed by atoms with Gasteiger partial charge in [0, 0.05) is 11.3 Å². The molecule has 0 saturated heterocycles. The molecule has 3 rings (SSSR count). The van der Waals surface area contributed by atoms with Crippen molar-refractivity contribution < 1.29 is 22.0 Å². The highest BCUT2D eigenvalue weighted by Gasteiger charge is 2.17. The van der Waals surface area contributed by atoms with Crippen molar-refractivity contribution in [2.75, 3.05) is 10.0 Å². The summed E-state index contributed by atoms with van der Waals surface area (Å²) in [7, 11) is -4.03. The SMILES string of the molecule is O=C(Nc1ccc(F)cc1)c1ccc(Cl)c(NS(=O)(=O)c2ccc(F)cc2)c1. The summed E-state index contributed by atoms with van der Waals surface area (Å²) in [5.74, 6) is -1.55. The van der Waals surface area contributed by atoms with Gasteiger partial charge in [-0.2, -0.15) is 0 Å². The molecule has 0 atom stereocenters. The minimum atomic E-state index is -4.03. The molecule has 0 saturated carbocycles. The van der Waals surface area contributed by atoms with Crippen molar-refractivity contribution in [3.05, 3.63) is 89.0 Å². The predicted molar refractivity (Wildman–Crippen MR) is 103 cm³/mol. The third-order valence-electron chi connectivity index (χ3n) is 3.70. The summed E-state index contributed by atoms with van der Waals surface area (Å²) in [5.41, 5.74) is 0.484. The van der Waals surface area contributed by atoms with E-state index in [0.717, 1.165) is 24.3 Å². The quantitative estimate of drug-likeness (QED) is 0.627. The first-order valence-electron chi connectivity index (χ1n) is 7.89. The molecule has 1 amide bonds. The number of benzene rings is 3. The molecule has 0 heterocycles. The van der Waals surface area contributed by atoms with Gasteiger partial charge >= 0.3 is 0 Å². The lowest BCUT2D eigenvalue weighted by Crippen LogP contribution is -2.15. The van der Waals surface area contributed by atoms with E-state index in [1.165, 1.54) is 42.5 Å². The molecular formula is C19H13ClF2N2O3S. The number of carbonyl (C=O) groups is 1. The predicted octanol–water partition coefficient (Wildman–Crippen LogP) is 4.67. The topological polar surface area (TPSA) is 75.3 Å². The summed E-state index contributed by atoms with van der Waals surface area (Å²) in [5, 5.41) is 2.64. The minimum absolute atomic E-state index is 0.0160. The van der Waals surface area contributed by atoms with Crippen LogP contribution in [0.25, 0.3) is 0 Å². The molecule has 0 bridgehead atoms. The van der Waals surface area contributed by atoms with E-state index in [1.54, 1.807) is 0 Å². The van der Waals surface area contributed by atoms with Gasteiger partial charge in [-0.05, 0) is 66.7 Å². The summed E-state index contributed by atoms with van der Waals surface area (Å²) in [6.07, 6.45) is 0. The van der Waals surface area contributed by atoms with Gasteiger partial charge < -0.3 is 5.32 Å². The van der Waals surface area contributed by atoms with Crippen LogP contribution in [0, 0.1) is 11.6 Å². The maximum Gasteiger partial charge on any atom is 0.261 e. The van der Waals surface area contributed by atoms with Crippen LogP contribution in [0.5, 0.6) is 0 Å². The molecule has 0 fully saturated rings. The van der Waals surface area contributed by atoms with E-state index in [0.29, 0.717) is 5.69 Å². The Kier molecular flexibility index (Phi) is 5.62. The zero-order chi connectivity index (χ0) is 20.3. The average Bonchev–Trinajstić information content (AvgIpc) is 2.65. The van der Waals surface area contributed by atoms with Crippen LogP contribution < -0.4 is 10.0 Å². The molecule has 0 unspecified atom stereocenters. The van der Waals surface area contributed by atoms with Crippen LogP contribution in [-0.2, 0) is 10.0 Å². The van der Waals surface area contributed by atoms with E-state index >= 15 is 0 Å². The standard InChI is InChI=1S/C19H13ClF2N2O3S/c20-17-10-1-12(19(25)23-15-6-2-13(21)3-7-15)11-18(17)24-28(26,27)16-8-4-14(22)5-9-16/h1-11,24H,(H,23,25). The number of hydrogen-bond acceptors (Lipinski definition) is 3. The first kappa shape index (κ1) is 19.8. The summed E-state index contributed by atoms with van der Waals surface area (Å²) >= 11 is 6.04. The lowest BCUT2D eigenvalue weighted by molar-refractivity contribution is 0.102. The smallest absolute Gasteiger partial charge is 0.261 e. The van der Waals surface area contributed by atoms with Gasteiger partial charge in [0.05, 0.1) is 15.6 Å². The first-order chi connectivity index (χ1) is 13.2. The number of nitrogens with one attached hydrogen (secondary N) is 2. The van der Waals surface area contributed by atoms with Crippen molar-refractivity contribution >= 4 is 38.9 Å². The van der Waals surface area contributed by atoms with Gasteiger partial charge in [-0.25, -0.2) is 17.2 Å². The Morgan fingerprint density at radius 2 is 1.43 bits per heavy atom. The van der Waals surface area contributed by atoms with Gasteiger partial charge in [-0.3, -0.25) is 9.52 Å². The van der Waals surface area contributed by atoms with Crippen molar-refractivity contribution in [2.24, 2.45) is 0 Å². The zero-order valence-electron chi connectivity index (χ0n) is 14.1. The van der Waals surface area contributed by atoms with Crippen LogP contribution in [0.15, 0.2) is 71.6 Å². The second-order valence-electron chi connectivity index (χ2n) is 5.72. The van der Waals surface area contributed by atoms with Crippen LogP contribution in [-0.4, -0.2) is 14.3 Å². The molecule has 0 aromatic heterocycles. The van der Waals surface area contributed by atoms with Crippen LogP contribution in [0.2, 0.25) is 5.02 Å². The van der Waals surface area contributed by atoms with Crippen molar-refractivity contribution in [2.45, 2.75) is 4.90 Å². The van der Waals surface area contributed by atoms with Gasteiger partial charge in [0.15, 0.2) is 0 Å². The molecule has 144 valence electrons. The molecule has 28 heavy (non-hydrogen) atoms. The molecule has 0 aliphatic rings. The molecular weight excluding hydrogens is 410 g/mol. The van der Waals surface area contributed by atoms with Crippen molar-refractivity contribution in [3.8, 4) is 0 Å². The fourth-order valence-corrected chi connectivity index (χ4v) is 3.59. The summed E-state index contributed by atoms with van der Waals surface area (Å²) in [6, 6.07) is 13.5. The number of hydrogen-bond donors (Lipinski definition) is 2. The lowest BCUT2D eigenvalue weighted by Gasteiger charge is -2.12. The number of sulfonamides is 1. The molecule has 0 spiro atoms. The first-order valence-corrected chi connectivity index (χ1v) is 9.75. The van der Waals surface area contributed by atoms with E-state index in [9.17, 15) is 22.0 Å². The third-order valence-corrected chi connectivity index (χ3v) is 5.41. The molecule has 3 aromatic carbocycles. The number of rotatable bonds is 5. The average molecular weight is 423 g/mol. The largest absolute Gasteiger partial charge is 0.322 e. The fraction of sp³-hybridized carbons (Fsp3) is 0. The van der Waals surface area contributed by atoms with Gasteiger partial charge in [-0.15, -0.1) is 0 Å². The molecule has 0 aliphatic carbocycles. The number of anilines is 2.